The lowest BCUT2D eigenvalue weighted by atomic mass is 9.84. The highest BCUT2D eigenvalue weighted by Crippen LogP contribution is 2.32. The number of hydrogen-bond donors (Lipinski definition) is 1. The number of benzene rings is 1. The van der Waals surface area contributed by atoms with Crippen molar-refractivity contribution in [3.8, 4) is 0 Å². The van der Waals surface area contributed by atoms with Crippen LogP contribution in [0.25, 0.3) is 0 Å². The van der Waals surface area contributed by atoms with Gasteiger partial charge in [-0.3, -0.25) is 4.90 Å². The van der Waals surface area contributed by atoms with Crippen LogP contribution in [0.3, 0.4) is 0 Å². The molecule has 1 heterocycles. The van der Waals surface area contributed by atoms with E-state index in [1.165, 1.54) is 37.7 Å². The molecule has 5 nitrogen and oxygen atoms in total. The minimum atomic E-state index is -3.43. The maximum absolute atomic E-state index is 12.5. The molecule has 0 radical (unpaired) electrons. The van der Waals surface area contributed by atoms with Crippen LogP contribution < -0.4 is 4.72 Å². The minimum Gasteiger partial charge on any atom is -0.380 e. The predicted octanol–water partition coefficient (Wildman–Crippen LogP) is 2.73. The Morgan fingerprint density at radius 3 is 2.52 bits per heavy atom. The van der Waals surface area contributed by atoms with E-state index in [-0.39, 0.29) is 0 Å². The summed E-state index contributed by atoms with van der Waals surface area (Å²) in [6.45, 7) is 4.54. The quantitative estimate of drug-likeness (QED) is 0.841. The average molecular weight is 367 g/mol. The van der Waals surface area contributed by atoms with E-state index in [0.717, 1.165) is 39.3 Å². The highest BCUT2D eigenvalue weighted by atomic mass is 32.2. The summed E-state index contributed by atoms with van der Waals surface area (Å²) in [7, 11) is -3.43. The van der Waals surface area contributed by atoms with Gasteiger partial charge in [0.1, 0.15) is 0 Å². The van der Waals surface area contributed by atoms with Crippen molar-refractivity contribution in [3.05, 3.63) is 29.8 Å². The molecule has 1 saturated heterocycles. The van der Waals surface area contributed by atoms with Crippen molar-refractivity contribution in [2.75, 3.05) is 39.4 Å². The molecule has 0 spiro atoms. The molecule has 3 rings (SSSR count). The van der Waals surface area contributed by atoms with Crippen molar-refractivity contribution in [1.29, 1.82) is 0 Å². The lowest BCUT2D eigenvalue weighted by Gasteiger charge is -2.22. The Bertz CT molecular complexity index is 617. The molecular weight excluding hydrogens is 336 g/mol. The summed E-state index contributed by atoms with van der Waals surface area (Å²) in [5.41, 5.74) is 1.28. The summed E-state index contributed by atoms with van der Waals surface area (Å²) in [6.07, 6.45) is 7.36. The maximum atomic E-state index is 12.5. The van der Waals surface area contributed by atoms with E-state index in [1.54, 1.807) is 12.1 Å². The second-order valence-electron chi connectivity index (χ2n) is 7.11. The highest BCUT2D eigenvalue weighted by Gasteiger charge is 2.18. The third kappa shape index (κ3) is 5.51. The van der Waals surface area contributed by atoms with Crippen LogP contribution >= 0.6 is 0 Å². The fourth-order valence-corrected chi connectivity index (χ4v) is 4.82. The lowest BCUT2D eigenvalue weighted by Crippen LogP contribution is -2.36. The number of nitrogens with zero attached hydrogens (tertiary/aromatic N) is 1. The molecule has 0 aromatic heterocycles. The largest absolute Gasteiger partial charge is 0.380 e. The molecule has 1 saturated carbocycles. The summed E-state index contributed by atoms with van der Waals surface area (Å²) in [5.74, 6) is 0.601. The molecule has 1 N–H and O–H groups in total. The Morgan fingerprint density at radius 2 is 1.76 bits per heavy atom. The van der Waals surface area contributed by atoms with Crippen molar-refractivity contribution in [3.63, 3.8) is 0 Å². The van der Waals surface area contributed by atoms with Gasteiger partial charge in [0.05, 0.1) is 11.5 Å². The molecule has 2 fully saturated rings. The summed E-state index contributed by atoms with van der Waals surface area (Å²) < 4.78 is 33.1. The van der Waals surface area contributed by atoms with E-state index in [0.29, 0.717) is 17.4 Å². The van der Waals surface area contributed by atoms with Crippen LogP contribution in [0.1, 0.15) is 50.0 Å². The molecule has 1 aromatic carbocycles. The second-order valence-corrected chi connectivity index (χ2v) is 8.88. The summed E-state index contributed by atoms with van der Waals surface area (Å²) in [5, 5.41) is 0. The molecular formula is C19H30N2O3S. The van der Waals surface area contributed by atoms with Crippen molar-refractivity contribution >= 4 is 10.0 Å². The van der Waals surface area contributed by atoms with Crippen LogP contribution in [0.4, 0.5) is 0 Å². The van der Waals surface area contributed by atoms with Crippen LogP contribution in [0.5, 0.6) is 0 Å². The first kappa shape index (κ1) is 18.8. The normalized spacial score (nSPS) is 21.1. The standard InChI is InChI=1S/C19H30N2O3S/c22-25(23,20-11-13-21-12-4-15-24-16-14-21)19-9-7-18(8-10-19)17-5-2-1-3-6-17/h7-10,17,20H,1-6,11-16H2. The van der Waals surface area contributed by atoms with Gasteiger partial charge in [0.25, 0.3) is 0 Å². The molecule has 1 aromatic rings. The van der Waals surface area contributed by atoms with Gasteiger partial charge in [-0.25, -0.2) is 13.1 Å². The summed E-state index contributed by atoms with van der Waals surface area (Å²) in [6, 6.07) is 7.51. The molecule has 0 atom stereocenters. The average Bonchev–Trinajstić information content (AvgIpc) is 2.91. The molecule has 6 heteroatoms. The smallest absolute Gasteiger partial charge is 0.240 e. The molecule has 1 aliphatic heterocycles. The van der Waals surface area contributed by atoms with Crippen LogP contribution in [-0.4, -0.2) is 52.7 Å². The zero-order valence-corrected chi connectivity index (χ0v) is 15.8. The third-order valence-corrected chi connectivity index (χ3v) is 6.78. The molecule has 140 valence electrons. The SMILES string of the molecule is O=S(=O)(NCCN1CCCOCC1)c1ccc(C2CCCCC2)cc1. The zero-order valence-electron chi connectivity index (χ0n) is 15.0. The van der Waals surface area contributed by atoms with Gasteiger partial charge in [0, 0.05) is 32.8 Å². The number of ether oxygens (including phenoxy) is 1. The van der Waals surface area contributed by atoms with E-state index < -0.39 is 10.0 Å². The van der Waals surface area contributed by atoms with Crippen molar-refractivity contribution in [2.24, 2.45) is 0 Å². The van der Waals surface area contributed by atoms with Crippen molar-refractivity contribution in [1.82, 2.24) is 9.62 Å². The minimum absolute atomic E-state index is 0.367. The monoisotopic (exact) mass is 366 g/mol. The number of nitrogens with one attached hydrogen (secondary N) is 1. The molecule has 1 aliphatic carbocycles. The first-order valence-electron chi connectivity index (χ1n) is 9.55. The van der Waals surface area contributed by atoms with Gasteiger partial charge in [-0.05, 0) is 42.9 Å². The maximum Gasteiger partial charge on any atom is 0.240 e. The Hall–Kier alpha value is -0.950. The topological polar surface area (TPSA) is 58.6 Å². The van der Waals surface area contributed by atoms with Gasteiger partial charge >= 0.3 is 0 Å². The fourth-order valence-electron chi connectivity index (χ4n) is 3.80. The Kier molecular flexibility index (Phi) is 6.87. The Morgan fingerprint density at radius 1 is 1.00 bits per heavy atom. The summed E-state index contributed by atoms with van der Waals surface area (Å²) >= 11 is 0. The van der Waals surface area contributed by atoms with Gasteiger partial charge in [-0.1, -0.05) is 31.4 Å². The molecule has 2 aliphatic rings. The predicted molar refractivity (Wildman–Crippen MR) is 99.3 cm³/mol. The van der Waals surface area contributed by atoms with Gasteiger partial charge in [0.2, 0.25) is 10.0 Å². The second kappa shape index (κ2) is 9.12. The first-order valence-corrected chi connectivity index (χ1v) is 11.0. The molecule has 0 unspecified atom stereocenters. The molecule has 0 amide bonds. The summed E-state index contributed by atoms with van der Waals surface area (Å²) in [4.78, 5) is 2.62. The first-order chi connectivity index (χ1) is 12.1. The number of rotatable bonds is 6. The third-order valence-electron chi connectivity index (χ3n) is 5.30. The number of hydrogen-bond acceptors (Lipinski definition) is 4. The number of sulfonamides is 1. The van der Waals surface area contributed by atoms with Gasteiger partial charge in [-0.15, -0.1) is 0 Å². The van der Waals surface area contributed by atoms with Gasteiger partial charge in [-0.2, -0.15) is 0 Å². The van der Waals surface area contributed by atoms with E-state index >= 15 is 0 Å². The van der Waals surface area contributed by atoms with Crippen LogP contribution in [0.2, 0.25) is 0 Å². The van der Waals surface area contributed by atoms with Crippen molar-refractivity contribution < 1.29 is 13.2 Å². The molecule has 25 heavy (non-hydrogen) atoms. The lowest BCUT2D eigenvalue weighted by molar-refractivity contribution is 0.142. The van der Waals surface area contributed by atoms with E-state index in [4.69, 9.17) is 4.74 Å². The zero-order chi connectivity index (χ0) is 17.5. The van der Waals surface area contributed by atoms with E-state index in [1.807, 2.05) is 12.1 Å². The Balaban J connectivity index is 1.52. The van der Waals surface area contributed by atoms with Crippen LogP contribution in [0.15, 0.2) is 29.2 Å². The van der Waals surface area contributed by atoms with Gasteiger partial charge < -0.3 is 4.74 Å². The van der Waals surface area contributed by atoms with Crippen molar-refractivity contribution in [2.45, 2.75) is 49.3 Å². The van der Waals surface area contributed by atoms with Crippen LogP contribution in [0, 0.1) is 0 Å². The van der Waals surface area contributed by atoms with Crippen LogP contribution in [-0.2, 0) is 14.8 Å². The van der Waals surface area contributed by atoms with Gasteiger partial charge in [0.15, 0.2) is 0 Å². The highest BCUT2D eigenvalue weighted by molar-refractivity contribution is 7.89. The fraction of sp³-hybridized carbons (Fsp3) is 0.684. The van der Waals surface area contributed by atoms with E-state index in [2.05, 4.69) is 9.62 Å². The van der Waals surface area contributed by atoms with E-state index in [9.17, 15) is 8.42 Å². The molecule has 0 bridgehead atoms. The Labute approximate surface area is 151 Å².